The Morgan fingerprint density at radius 1 is 1.33 bits per heavy atom. The number of rotatable bonds is 9. The van der Waals surface area contributed by atoms with Crippen molar-refractivity contribution >= 4 is 0 Å². The summed E-state index contributed by atoms with van der Waals surface area (Å²) in [5, 5.41) is 14.2. The quantitative estimate of drug-likeness (QED) is 0.761. The summed E-state index contributed by atoms with van der Waals surface area (Å²) in [5.41, 5.74) is 1.10. The van der Waals surface area contributed by atoms with E-state index in [0.29, 0.717) is 31.6 Å². The second-order valence-corrected chi connectivity index (χ2v) is 6.54. The number of benzene rings is 1. The lowest BCUT2D eigenvalue weighted by atomic mass is 10.2. The smallest absolute Gasteiger partial charge is 0.243 e. The van der Waals surface area contributed by atoms with Crippen LogP contribution in [0, 0.1) is 0 Å². The Hall–Kier alpha value is -1.76. The zero-order valence-electron chi connectivity index (χ0n) is 14.3. The Kier molecular flexibility index (Phi) is 5.60. The van der Waals surface area contributed by atoms with E-state index in [1.54, 1.807) is 0 Å². The van der Waals surface area contributed by atoms with Crippen molar-refractivity contribution in [1.82, 2.24) is 15.0 Å². The van der Waals surface area contributed by atoms with Crippen LogP contribution in [0.25, 0.3) is 0 Å². The molecule has 1 fully saturated rings. The minimum absolute atomic E-state index is 0.0335. The Morgan fingerprint density at radius 2 is 2.08 bits per heavy atom. The molecule has 3 rings (SSSR count). The van der Waals surface area contributed by atoms with Gasteiger partial charge in [0.1, 0.15) is 0 Å². The summed E-state index contributed by atoms with van der Waals surface area (Å²) in [7, 11) is 1.94. The van der Waals surface area contributed by atoms with Crippen LogP contribution in [0.5, 0.6) is 0 Å². The first-order valence-electron chi connectivity index (χ1n) is 8.47. The van der Waals surface area contributed by atoms with Crippen LogP contribution < -0.4 is 0 Å². The molecule has 1 aliphatic rings. The normalized spacial score (nSPS) is 17.2. The van der Waals surface area contributed by atoms with E-state index in [1.165, 1.54) is 0 Å². The monoisotopic (exact) mass is 331 g/mol. The topological polar surface area (TPSA) is 71.6 Å². The van der Waals surface area contributed by atoms with Crippen molar-refractivity contribution in [2.45, 2.75) is 44.4 Å². The molecule has 0 amide bonds. The fourth-order valence-corrected chi connectivity index (χ4v) is 2.54. The maximum absolute atomic E-state index is 10.2. The van der Waals surface area contributed by atoms with Crippen LogP contribution in [0.2, 0.25) is 0 Å². The van der Waals surface area contributed by atoms with Gasteiger partial charge in [-0.25, -0.2) is 0 Å². The molecule has 1 heterocycles. The van der Waals surface area contributed by atoms with E-state index >= 15 is 0 Å². The molecular weight excluding hydrogens is 306 g/mol. The summed E-state index contributed by atoms with van der Waals surface area (Å²) in [5.74, 6) is 1.91. The first-order valence-corrected chi connectivity index (χ1v) is 8.47. The van der Waals surface area contributed by atoms with Crippen molar-refractivity contribution in [1.29, 1.82) is 0 Å². The number of ether oxygens (including phenoxy) is 1. The minimum Gasteiger partial charge on any atom is -0.389 e. The van der Waals surface area contributed by atoms with Gasteiger partial charge in [-0.3, -0.25) is 4.90 Å². The highest BCUT2D eigenvalue weighted by molar-refractivity contribution is 5.13. The largest absolute Gasteiger partial charge is 0.389 e. The number of likely N-dealkylation sites (N-methyl/N-ethyl adjacent to an activating group) is 1. The van der Waals surface area contributed by atoms with E-state index in [2.05, 4.69) is 10.1 Å². The van der Waals surface area contributed by atoms with Crippen LogP contribution in [0.3, 0.4) is 0 Å². The first kappa shape index (κ1) is 17.1. The lowest BCUT2D eigenvalue weighted by molar-refractivity contribution is 0.00653. The van der Waals surface area contributed by atoms with Gasteiger partial charge in [0.2, 0.25) is 5.89 Å². The van der Waals surface area contributed by atoms with E-state index in [-0.39, 0.29) is 6.04 Å². The fourth-order valence-electron chi connectivity index (χ4n) is 2.54. The highest BCUT2D eigenvalue weighted by Crippen LogP contribution is 2.38. The van der Waals surface area contributed by atoms with Gasteiger partial charge in [0.05, 0.1) is 25.4 Å². The second kappa shape index (κ2) is 7.88. The van der Waals surface area contributed by atoms with Crippen LogP contribution in [0.15, 0.2) is 34.9 Å². The minimum atomic E-state index is -0.563. The van der Waals surface area contributed by atoms with Crippen molar-refractivity contribution in [2.24, 2.45) is 0 Å². The number of nitrogens with zero attached hydrogens (tertiary/aromatic N) is 3. The van der Waals surface area contributed by atoms with Gasteiger partial charge in [0.25, 0.3) is 0 Å². The molecule has 2 aromatic rings. The maximum atomic E-state index is 10.2. The molecule has 1 N–H and O–H groups in total. The summed E-state index contributed by atoms with van der Waals surface area (Å²) in [4.78, 5) is 6.47. The van der Waals surface area contributed by atoms with Gasteiger partial charge in [-0.05, 0) is 32.4 Å². The molecule has 2 atom stereocenters. The van der Waals surface area contributed by atoms with Gasteiger partial charge in [0.15, 0.2) is 5.82 Å². The van der Waals surface area contributed by atoms with Crippen molar-refractivity contribution in [3.8, 4) is 0 Å². The molecule has 0 saturated heterocycles. The molecule has 0 aliphatic heterocycles. The lowest BCUT2D eigenvalue weighted by Crippen LogP contribution is -2.34. The molecule has 2 unspecified atom stereocenters. The standard InChI is InChI=1S/C18H25N3O3/c1-13(18-19-17(20-24-18)15-8-9-15)21(2)10-16(22)12-23-11-14-6-4-3-5-7-14/h3-7,13,15-16,22H,8-12H2,1-2H3. The molecule has 1 saturated carbocycles. The van der Waals surface area contributed by atoms with Crippen LogP contribution >= 0.6 is 0 Å². The second-order valence-electron chi connectivity index (χ2n) is 6.54. The SMILES string of the molecule is CC(c1nc(C2CC2)no1)N(C)CC(O)COCc1ccccc1. The van der Waals surface area contributed by atoms with Gasteiger partial charge in [-0.1, -0.05) is 35.5 Å². The molecule has 0 bridgehead atoms. The molecule has 130 valence electrons. The van der Waals surface area contributed by atoms with E-state index in [9.17, 15) is 5.11 Å². The number of aromatic nitrogens is 2. The van der Waals surface area contributed by atoms with Gasteiger partial charge in [0, 0.05) is 12.5 Å². The number of hydrogen-bond acceptors (Lipinski definition) is 6. The van der Waals surface area contributed by atoms with Crippen molar-refractivity contribution in [3.63, 3.8) is 0 Å². The molecule has 6 nitrogen and oxygen atoms in total. The van der Waals surface area contributed by atoms with E-state index < -0.39 is 6.10 Å². The average molecular weight is 331 g/mol. The van der Waals surface area contributed by atoms with Crippen molar-refractivity contribution in [2.75, 3.05) is 20.2 Å². The highest BCUT2D eigenvalue weighted by atomic mass is 16.5. The third kappa shape index (κ3) is 4.63. The third-order valence-electron chi connectivity index (χ3n) is 4.34. The molecule has 1 aliphatic carbocycles. The van der Waals surface area contributed by atoms with E-state index in [4.69, 9.17) is 9.26 Å². The lowest BCUT2D eigenvalue weighted by Gasteiger charge is -2.24. The molecule has 6 heteroatoms. The van der Waals surface area contributed by atoms with Crippen molar-refractivity contribution < 1.29 is 14.4 Å². The van der Waals surface area contributed by atoms with Crippen LogP contribution in [-0.2, 0) is 11.3 Å². The third-order valence-corrected chi connectivity index (χ3v) is 4.34. The van der Waals surface area contributed by atoms with Gasteiger partial charge in [-0.15, -0.1) is 0 Å². The van der Waals surface area contributed by atoms with Crippen molar-refractivity contribution in [3.05, 3.63) is 47.6 Å². The number of aliphatic hydroxyl groups is 1. The zero-order chi connectivity index (χ0) is 16.9. The fraction of sp³-hybridized carbons (Fsp3) is 0.556. The summed E-state index contributed by atoms with van der Waals surface area (Å²) < 4.78 is 10.9. The molecule has 1 aromatic carbocycles. The number of hydrogen-bond donors (Lipinski definition) is 1. The van der Waals surface area contributed by atoms with Crippen LogP contribution in [0.1, 0.15) is 49.0 Å². The summed E-state index contributed by atoms with van der Waals surface area (Å²) in [6.45, 7) is 3.29. The van der Waals surface area contributed by atoms with E-state index in [1.807, 2.05) is 49.2 Å². The van der Waals surface area contributed by atoms with Crippen LogP contribution in [0.4, 0.5) is 0 Å². The average Bonchev–Trinajstić information content (AvgIpc) is 3.32. The highest BCUT2D eigenvalue weighted by Gasteiger charge is 2.30. The first-order chi connectivity index (χ1) is 11.6. The maximum Gasteiger partial charge on any atom is 0.243 e. The van der Waals surface area contributed by atoms with Gasteiger partial charge < -0.3 is 14.4 Å². The van der Waals surface area contributed by atoms with E-state index in [0.717, 1.165) is 24.2 Å². The summed E-state index contributed by atoms with van der Waals surface area (Å²) in [6, 6.07) is 9.91. The van der Waals surface area contributed by atoms with Crippen LogP contribution in [-0.4, -0.2) is 46.5 Å². The molecular formula is C18H25N3O3. The number of aliphatic hydroxyl groups excluding tert-OH is 1. The zero-order valence-corrected chi connectivity index (χ0v) is 14.3. The summed E-state index contributed by atoms with van der Waals surface area (Å²) >= 11 is 0. The predicted molar refractivity (Wildman–Crippen MR) is 89.4 cm³/mol. The Bertz CT molecular complexity index is 627. The summed E-state index contributed by atoms with van der Waals surface area (Å²) in [6.07, 6.45) is 1.74. The van der Waals surface area contributed by atoms with Gasteiger partial charge >= 0.3 is 0 Å². The molecule has 1 aromatic heterocycles. The molecule has 24 heavy (non-hydrogen) atoms. The molecule has 0 radical (unpaired) electrons. The Morgan fingerprint density at radius 3 is 2.79 bits per heavy atom. The Labute approximate surface area is 142 Å². The Balaban J connectivity index is 1.41. The van der Waals surface area contributed by atoms with Gasteiger partial charge in [-0.2, -0.15) is 4.98 Å². The molecule has 0 spiro atoms. The predicted octanol–water partition coefficient (Wildman–Crippen LogP) is 2.52.